The van der Waals surface area contributed by atoms with Crippen molar-refractivity contribution in [2.45, 2.75) is 51.6 Å². The molecule has 1 aliphatic carbocycles. The van der Waals surface area contributed by atoms with Gasteiger partial charge < -0.3 is 15.1 Å². The zero-order valence-electron chi connectivity index (χ0n) is 19.0. The predicted octanol–water partition coefficient (Wildman–Crippen LogP) is 3.22. The number of nitrogens with zero attached hydrogens (tertiary/aromatic N) is 5. The lowest BCUT2D eigenvalue weighted by Gasteiger charge is -2.33. The molecule has 2 aromatic rings. The van der Waals surface area contributed by atoms with Gasteiger partial charge in [0, 0.05) is 56.6 Å². The van der Waals surface area contributed by atoms with Crippen LogP contribution in [0.5, 0.6) is 0 Å². The number of aromatic nitrogens is 2. The highest BCUT2D eigenvalue weighted by atomic mass is 19.1. The Morgan fingerprint density at radius 1 is 1.22 bits per heavy atom. The number of likely N-dealkylation sites (N-methyl/N-ethyl adjacent to an activating group) is 2. The number of nitriles is 1. The number of hydrogen-bond acceptors (Lipinski definition) is 6. The number of anilines is 1. The van der Waals surface area contributed by atoms with Gasteiger partial charge in [-0.1, -0.05) is 6.07 Å². The minimum absolute atomic E-state index is 0.0809. The number of carbonyl (C=O) groups excluding carboxylic acids is 1. The Balaban J connectivity index is 1.53. The molecule has 1 saturated carbocycles. The topological polar surface area (TPSA) is 85.1 Å². The Labute approximate surface area is 189 Å². The van der Waals surface area contributed by atoms with Crippen LogP contribution in [0.2, 0.25) is 0 Å². The summed E-state index contributed by atoms with van der Waals surface area (Å²) in [5, 5.41) is 12.5. The van der Waals surface area contributed by atoms with Crippen molar-refractivity contribution in [3.05, 3.63) is 53.7 Å². The normalized spacial score (nSPS) is 15.0. The summed E-state index contributed by atoms with van der Waals surface area (Å²) in [6.45, 7) is 8.67. The van der Waals surface area contributed by atoms with E-state index in [0.717, 1.165) is 30.8 Å². The molecule has 3 rings (SSSR count). The fourth-order valence-electron chi connectivity index (χ4n) is 4.06. The minimum atomic E-state index is -0.482. The van der Waals surface area contributed by atoms with E-state index in [4.69, 9.17) is 5.26 Å². The van der Waals surface area contributed by atoms with E-state index in [0.29, 0.717) is 31.6 Å². The highest BCUT2D eigenvalue weighted by Gasteiger charge is 2.44. The number of nitrogens with one attached hydrogen (secondary N) is 1. The predicted molar refractivity (Wildman–Crippen MR) is 121 cm³/mol. The van der Waals surface area contributed by atoms with Gasteiger partial charge in [-0.05, 0) is 57.4 Å². The second-order valence-electron chi connectivity index (χ2n) is 8.21. The van der Waals surface area contributed by atoms with Crippen LogP contribution in [0, 0.1) is 17.3 Å². The molecule has 1 atom stereocenters. The van der Waals surface area contributed by atoms with Crippen molar-refractivity contribution >= 4 is 11.7 Å². The Hall–Kier alpha value is -3.05. The fourth-order valence-corrected chi connectivity index (χ4v) is 4.06. The second-order valence-corrected chi connectivity index (χ2v) is 8.21. The lowest BCUT2D eigenvalue weighted by molar-refractivity contribution is -0.131. The molecule has 0 spiro atoms. The van der Waals surface area contributed by atoms with Gasteiger partial charge in [-0.25, -0.2) is 9.97 Å². The van der Waals surface area contributed by atoms with E-state index in [9.17, 15) is 9.18 Å². The summed E-state index contributed by atoms with van der Waals surface area (Å²) in [4.78, 5) is 25.0. The molecule has 0 radical (unpaired) electrons. The molecular weight excluding hydrogens is 407 g/mol. The second kappa shape index (κ2) is 10.5. The average molecular weight is 439 g/mol. The van der Waals surface area contributed by atoms with Crippen LogP contribution in [0.1, 0.15) is 51.2 Å². The molecule has 8 heteroatoms. The SMILES string of the molecule is CCN(CC(C)N(CC)c1ccc(C#N)cn1)C(=O)CCNC1(c2ccc(F)nc2)CC1. The number of amides is 1. The zero-order chi connectivity index (χ0) is 23.1. The summed E-state index contributed by atoms with van der Waals surface area (Å²) in [6, 6.07) is 8.92. The van der Waals surface area contributed by atoms with Crippen molar-refractivity contribution in [3.8, 4) is 6.07 Å². The highest BCUT2D eigenvalue weighted by Crippen LogP contribution is 2.45. The molecule has 1 fully saturated rings. The molecule has 1 amide bonds. The maximum absolute atomic E-state index is 13.1. The molecule has 1 aliphatic rings. The molecule has 0 aliphatic heterocycles. The summed E-state index contributed by atoms with van der Waals surface area (Å²) in [7, 11) is 0. The fraction of sp³-hybridized carbons (Fsp3) is 0.500. The molecule has 32 heavy (non-hydrogen) atoms. The third kappa shape index (κ3) is 5.60. The summed E-state index contributed by atoms with van der Waals surface area (Å²) in [5.41, 5.74) is 1.33. The minimum Gasteiger partial charge on any atom is -0.352 e. The van der Waals surface area contributed by atoms with Gasteiger partial charge >= 0.3 is 0 Å². The van der Waals surface area contributed by atoms with Crippen molar-refractivity contribution in [3.63, 3.8) is 0 Å². The first-order valence-electron chi connectivity index (χ1n) is 11.2. The van der Waals surface area contributed by atoms with Crippen LogP contribution in [-0.2, 0) is 10.3 Å². The lowest BCUT2D eigenvalue weighted by atomic mass is 10.1. The maximum atomic E-state index is 13.1. The van der Waals surface area contributed by atoms with Crippen molar-refractivity contribution in [1.82, 2.24) is 20.2 Å². The number of rotatable bonds is 11. The molecule has 1 N–H and O–H groups in total. The van der Waals surface area contributed by atoms with Crippen LogP contribution in [0.15, 0.2) is 36.7 Å². The Morgan fingerprint density at radius 2 is 2.00 bits per heavy atom. The zero-order valence-corrected chi connectivity index (χ0v) is 19.0. The molecule has 0 bridgehead atoms. The van der Waals surface area contributed by atoms with Crippen molar-refractivity contribution in [2.24, 2.45) is 0 Å². The molecule has 0 saturated heterocycles. The monoisotopic (exact) mass is 438 g/mol. The summed E-state index contributed by atoms with van der Waals surface area (Å²) < 4.78 is 13.1. The van der Waals surface area contributed by atoms with Gasteiger partial charge in [-0.15, -0.1) is 0 Å². The van der Waals surface area contributed by atoms with Gasteiger partial charge in [0.15, 0.2) is 0 Å². The number of carbonyl (C=O) groups is 1. The van der Waals surface area contributed by atoms with E-state index < -0.39 is 5.95 Å². The van der Waals surface area contributed by atoms with Crippen molar-refractivity contribution in [1.29, 1.82) is 5.26 Å². The van der Waals surface area contributed by atoms with Gasteiger partial charge in [0.1, 0.15) is 11.9 Å². The molecule has 170 valence electrons. The molecular formula is C24H31FN6O. The van der Waals surface area contributed by atoms with Crippen LogP contribution < -0.4 is 10.2 Å². The van der Waals surface area contributed by atoms with Gasteiger partial charge in [0.05, 0.1) is 5.56 Å². The summed E-state index contributed by atoms with van der Waals surface area (Å²) >= 11 is 0. The largest absolute Gasteiger partial charge is 0.352 e. The lowest BCUT2D eigenvalue weighted by Crippen LogP contribution is -2.45. The molecule has 2 aromatic heterocycles. The molecule has 1 unspecified atom stereocenters. The van der Waals surface area contributed by atoms with E-state index >= 15 is 0 Å². The molecule has 7 nitrogen and oxygen atoms in total. The van der Waals surface area contributed by atoms with Crippen LogP contribution in [0.25, 0.3) is 0 Å². The Morgan fingerprint density at radius 3 is 2.53 bits per heavy atom. The van der Waals surface area contributed by atoms with Crippen LogP contribution >= 0.6 is 0 Å². The average Bonchev–Trinajstić information content (AvgIpc) is 3.59. The van der Waals surface area contributed by atoms with Crippen LogP contribution in [0.4, 0.5) is 10.2 Å². The third-order valence-corrected chi connectivity index (χ3v) is 6.10. The first-order chi connectivity index (χ1) is 15.4. The van der Waals surface area contributed by atoms with E-state index in [-0.39, 0.29) is 17.5 Å². The van der Waals surface area contributed by atoms with Gasteiger partial charge in [0.2, 0.25) is 11.9 Å². The van der Waals surface area contributed by atoms with E-state index in [1.54, 1.807) is 24.5 Å². The van der Waals surface area contributed by atoms with Gasteiger partial charge in [0.25, 0.3) is 0 Å². The number of halogens is 1. The van der Waals surface area contributed by atoms with Crippen LogP contribution in [-0.4, -0.2) is 53.0 Å². The van der Waals surface area contributed by atoms with Crippen molar-refractivity contribution < 1.29 is 9.18 Å². The maximum Gasteiger partial charge on any atom is 0.223 e. The quantitative estimate of drug-likeness (QED) is 0.542. The smallest absolute Gasteiger partial charge is 0.223 e. The first kappa shape index (κ1) is 23.6. The molecule has 2 heterocycles. The Kier molecular flexibility index (Phi) is 7.75. The van der Waals surface area contributed by atoms with Crippen molar-refractivity contribution in [2.75, 3.05) is 31.1 Å². The first-order valence-corrected chi connectivity index (χ1v) is 11.2. The van der Waals surface area contributed by atoms with Gasteiger partial charge in [-0.2, -0.15) is 9.65 Å². The third-order valence-electron chi connectivity index (χ3n) is 6.10. The number of pyridine rings is 2. The van der Waals surface area contributed by atoms with E-state index in [2.05, 4.69) is 40.1 Å². The summed E-state index contributed by atoms with van der Waals surface area (Å²) in [6.07, 6.45) is 5.48. The number of hydrogen-bond donors (Lipinski definition) is 1. The highest BCUT2D eigenvalue weighted by molar-refractivity contribution is 5.76. The van der Waals surface area contributed by atoms with Crippen LogP contribution in [0.3, 0.4) is 0 Å². The van der Waals surface area contributed by atoms with E-state index in [1.807, 2.05) is 17.9 Å². The summed E-state index contributed by atoms with van der Waals surface area (Å²) in [5.74, 6) is 0.418. The van der Waals surface area contributed by atoms with E-state index in [1.165, 1.54) is 6.07 Å². The Bertz CT molecular complexity index is 936. The molecule has 0 aromatic carbocycles. The van der Waals surface area contributed by atoms with Gasteiger partial charge in [-0.3, -0.25) is 4.79 Å². The standard InChI is InChI=1S/C24H31FN6O/c1-4-30(17-18(3)31(5-2)22-9-6-19(14-26)15-28-22)23(32)10-13-29-24(11-12-24)20-7-8-21(25)27-16-20/h6-9,15-16,18,29H,4-5,10-13,17H2,1-3H3.